The summed E-state index contributed by atoms with van der Waals surface area (Å²) in [6.45, 7) is 3.30. The summed E-state index contributed by atoms with van der Waals surface area (Å²) in [6.07, 6.45) is 1.20. The molecule has 1 fully saturated rings. The molecule has 3 rings (SSSR count). The van der Waals surface area contributed by atoms with E-state index in [1.807, 2.05) is 31.2 Å². The SMILES string of the molecule is CC(=O)N(CC(=O)N1c2ccccc2CC1C)C1CCS(=O)(=O)C1. The molecule has 0 saturated carbocycles. The fourth-order valence-corrected chi connectivity index (χ4v) is 5.42. The lowest BCUT2D eigenvalue weighted by Gasteiger charge is -2.30. The predicted molar refractivity (Wildman–Crippen MR) is 91.5 cm³/mol. The van der Waals surface area contributed by atoms with E-state index in [9.17, 15) is 18.0 Å². The lowest BCUT2D eigenvalue weighted by molar-refractivity contribution is -0.135. The van der Waals surface area contributed by atoms with Crippen molar-refractivity contribution in [3.63, 3.8) is 0 Å². The van der Waals surface area contributed by atoms with Crippen LogP contribution in [0.1, 0.15) is 25.8 Å². The number of amides is 2. The van der Waals surface area contributed by atoms with Crippen molar-refractivity contribution >= 4 is 27.3 Å². The standard InChI is InChI=1S/C17H22N2O4S/c1-12-9-14-5-3-4-6-16(14)19(12)17(21)10-18(13(2)20)15-7-8-24(22,23)11-15/h3-6,12,15H,7-11H2,1-2H3. The molecule has 0 aromatic heterocycles. The van der Waals surface area contributed by atoms with Crippen molar-refractivity contribution in [2.75, 3.05) is 23.0 Å². The number of carbonyl (C=O) groups is 2. The second-order valence-corrected chi connectivity index (χ2v) is 8.88. The molecule has 2 atom stereocenters. The maximum absolute atomic E-state index is 12.8. The summed E-state index contributed by atoms with van der Waals surface area (Å²) in [5.41, 5.74) is 2.01. The molecule has 2 aliphatic rings. The first kappa shape index (κ1) is 17.0. The first-order valence-electron chi connectivity index (χ1n) is 8.16. The summed E-state index contributed by atoms with van der Waals surface area (Å²) >= 11 is 0. The lowest BCUT2D eigenvalue weighted by atomic mass is 10.1. The molecule has 0 bridgehead atoms. The number of benzene rings is 1. The minimum atomic E-state index is -3.11. The van der Waals surface area contributed by atoms with Crippen molar-refractivity contribution in [1.82, 2.24) is 4.90 Å². The van der Waals surface area contributed by atoms with E-state index in [-0.39, 0.29) is 35.9 Å². The molecule has 2 aliphatic heterocycles. The van der Waals surface area contributed by atoms with Crippen LogP contribution in [-0.4, -0.2) is 55.3 Å². The third-order valence-corrected chi connectivity index (χ3v) is 6.59. The molecular formula is C17H22N2O4S. The molecule has 6 nitrogen and oxygen atoms in total. The molecule has 0 radical (unpaired) electrons. The highest BCUT2D eigenvalue weighted by atomic mass is 32.2. The van der Waals surface area contributed by atoms with Gasteiger partial charge in [-0.1, -0.05) is 18.2 Å². The van der Waals surface area contributed by atoms with E-state index < -0.39 is 15.9 Å². The molecule has 0 N–H and O–H groups in total. The van der Waals surface area contributed by atoms with Gasteiger partial charge in [0.1, 0.15) is 6.54 Å². The predicted octanol–water partition coefficient (Wildman–Crippen LogP) is 1.000. The fourth-order valence-electron chi connectivity index (χ4n) is 3.69. The van der Waals surface area contributed by atoms with Gasteiger partial charge in [-0.3, -0.25) is 9.59 Å². The molecule has 1 aromatic carbocycles. The van der Waals surface area contributed by atoms with E-state index in [1.54, 1.807) is 4.90 Å². The Labute approximate surface area is 142 Å². The number of para-hydroxylation sites is 1. The zero-order chi connectivity index (χ0) is 17.5. The van der Waals surface area contributed by atoms with E-state index in [4.69, 9.17) is 0 Å². The van der Waals surface area contributed by atoms with Crippen LogP contribution in [0, 0.1) is 0 Å². The quantitative estimate of drug-likeness (QED) is 0.815. The van der Waals surface area contributed by atoms with Gasteiger partial charge >= 0.3 is 0 Å². The Bertz CT molecular complexity index is 775. The number of sulfone groups is 1. The van der Waals surface area contributed by atoms with Crippen molar-refractivity contribution < 1.29 is 18.0 Å². The Balaban J connectivity index is 1.79. The van der Waals surface area contributed by atoms with Gasteiger partial charge in [0, 0.05) is 24.7 Å². The molecular weight excluding hydrogens is 328 g/mol. The number of carbonyl (C=O) groups excluding carboxylic acids is 2. The van der Waals surface area contributed by atoms with Gasteiger partial charge in [0.05, 0.1) is 11.5 Å². The number of hydrogen-bond acceptors (Lipinski definition) is 4. The van der Waals surface area contributed by atoms with Gasteiger partial charge in [-0.15, -0.1) is 0 Å². The van der Waals surface area contributed by atoms with Gasteiger partial charge < -0.3 is 9.80 Å². The zero-order valence-electron chi connectivity index (χ0n) is 13.9. The number of rotatable bonds is 3. The Morgan fingerprint density at radius 1 is 1.29 bits per heavy atom. The maximum atomic E-state index is 12.8. The van der Waals surface area contributed by atoms with Crippen LogP contribution >= 0.6 is 0 Å². The zero-order valence-corrected chi connectivity index (χ0v) is 14.8. The first-order valence-corrected chi connectivity index (χ1v) is 9.98. The van der Waals surface area contributed by atoms with Gasteiger partial charge in [0.15, 0.2) is 9.84 Å². The van der Waals surface area contributed by atoms with E-state index >= 15 is 0 Å². The van der Waals surface area contributed by atoms with Crippen LogP contribution in [0.5, 0.6) is 0 Å². The second-order valence-electron chi connectivity index (χ2n) is 6.65. The maximum Gasteiger partial charge on any atom is 0.246 e. The van der Waals surface area contributed by atoms with E-state index in [1.165, 1.54) is 11.8 Å². The average Bonchev–Trinajstić information content (AvgIpc) is 3.02. The summed E-state index contributed by atoms with van der Waals surface area (Å²) < 4.78 is 23.4. The van der Waals surface area contributed by atoms with Crippen LogP contribution in [0.25, 0.3) is 0 Å². The van der Waals surface area contributed by atoms with E-state index in [0.717, 1.165) is 17.7 Å². The van der Waals surface area contributed by atoms with Gasteiger partial charge in [-0.05, 0) is 31.4 Å². The van der Waals surface area contributed by atoms with Crippen LogP contribution in [0.3, 0.4) is 0 Å². The average molecular weight is 350 g/mol. The van der Waals surface area contributed by atoms with Crippen LogP contribution in [0.15, 0.2) is 24.3 Å². The first-order chi connectivity index (χ1) is 11.3. The van der Waals surface area contributed by atoms with Crippen molar-refractivity contribution in [3.05, 3.63) is 29.8 Å². The summed E-state index contributed by atoms with van der Waals surface area (Å²) in [4.78, 5) is 28.0. The molecule has 1 saturated heterocycles. The summed E-state index contributed by atoms with van der Waals surface area (Å²) in [7, 11) is -3.11. The molecule has 7 heteroatoms. The highest BCUT2D eigenvalue weighted by molar-refractivity contribution is 7.91. The van der Waals surface area contributed by atoms with Crippen molar-refractivity contribution in [2.24, 2.45) is 0 Å². The number of fused-ring (bicyclic) bond motifs is 1. The molecule has 2 unspecified atom stereocenters. The fraction of sp³-hybridized carbons (Fsp3) is 0.529. The monoisotopic (exact) mass is 350 g/mol. The second kappa shape index (κ2) is 6.20. The summed E-state index contributed by atoms with van der Waals surface area (Å²) in [5.74, 6) is -0.387. The number of anilines is 1. The van der Waals surface area contributed by atoms with Gasteiger partial charge in [-0.25, -0.2) is 8.42 Å². The van der Waals surface area contributed by atoms with Gasteiger partial charge in [0.25, 0.3) is 0 Å². The number of hydrogen-bond donors (Lipinski definition) is 0. The van der Waals surface area contributed by atoms with Crippen LogP contribution < -0.4 is 4.90 Å². The van der Waals surface area contributed by atoms with Crippen molar-refractivity contribution in [1.29, 1.82) is 0 Å². The highest BCUT2D eigenvalue weighted by Crippen LogP contribution is 2.32. The Morgan fingerprint density at radius 2 is 2.00 bits per heavy atom. The molecule has 0 spiro atoms. The van der Waals surface area contributed by atoms with E-state index in [2.05, 4.69) is 0 Å². The summed E-state index contributed by atoms with van der Waals surface area (Å²) in [6, 6.07) is 7.40. The van der Waals surface area contributed by atoms with Gasteiger partial charge in [-0.2, -0.15) is 0 Å². The smallest absolute Gasteiger partial charge is 0.246 e. The highest BCUT2D eigenvalue weighted by Gasteiger charge is 2.37. The van der Waals surface area contributed by atoms with Crippen LogP contribution in [0.2, 0.25) is 0 Å². The van der Waals surface area contributed by atoms with Crippen molar-refractivity contribution in [3.8, 4) is 0 Å². The lowest BCUT2D eigenvalue weighted by Crippen LogP contribution is -2.48. The minimum absolute atomic E-state index is 0.0380. The summed E-state index contributed by atoms with van der Waals surface area (Å²) in [5, 5.41) is 0. The molecule has 1 aromatic rings. The molecule has 2 heterocycles. The molecule has 24 heavy (non-hydrogen) atoms. The Morgan fingerprint density at radius 3 is 2.62 bits per heavy atom. The Hall–Kier alpha value is -1.89. The van der Waals surface area contributed by atoms with Crippen LogP contribution in [-0.2, 0) is 25.8 Å². The molecule has 0 aliphatic carbocycles. The van der Waals surface area contributed by atoms with Crippen molar-refractivity contribution in [2.45, 2.75) is 38.8 Å². The normalized spacial score (nSPS) is 24.7. The Kier molecular flexibility index (Phi) is 4.38. The third-order valence-electron chi connectivity index (χ3n) is 4.84. The molecule has 130 valence electrons. The third kappa shape index (κ3) is 3.17. The van der Waals surface area contributed by atoms with E-state index in [0.29, 0.717) is 6.42 Å². The minimum Gasteiger partial charge on any atom is -0.330 e. The topological polar surface area (TPSA) is 74.8 Å². The largest absolute Gasteiger partial charge is 0.330 e. The molecule has 2 amide bonds. The number of nitrogens with zero attached hydrogens (tertiary/aromatic N) is 2. The van der Waals surface area contributed by atoms with Gasteiger partial charge in [0.2, 0.25) is 11.8 Å². The van der Waals surface area contributed by atoms with Crippen LogP contribution in [0.4, 0.5) is 5.69 Å².